The molecule has 2 heterocycles. The molecule has 1 aromatic rings. The molecule has 3 rings (SSSR count). The van der Waals surface area contributed by atoms with Gasteiger partial charge in [-0.05, 0) is 51.0 Å². The lowest BCUT2D eigenvalue weighted by Gasteiger charge is -2.29. The number of nitrogens with one attached hydrogen (secondary N) is 1. The molecular weight excluding hydrogens is 353 g/mol. The molecule has 0 bridgehead atoms. The molecule has 0 aromatic heterocycles. The third-order valence-electron chi connectivity index (χ3n) is 4.86. The fraction of sp³-hybridized carbons (Fsp3) is 0.474. The minimum Gasteiger partial charge on any atom is -0.491 e. The second-order valence-electron chi connectivity index (χ2n) is 6.90. The van der Waals surface area contributed by atoms with Gasteiger partial charge < -0.3 is 20.1 Å². The fourth-order valence-electron chi connectivity index (χ4n) is 3.22. The largest absolute Gasteiger partial charge is 0.491 e. The molecule has 27 heavy (non-hydrogen) atoms. The molecule has 1 saturated heterocycles. The van der Waals surface area contributed by atoms with Crippen LogP contribution in [-0.2, 0) is 9.59 Å². The molecule has 0 radical (unpaired) electrons. The summed E-state index contributed by atoms with van der Waals surface area (Å²) in [5, 5.41) is 11.8. The summed E-state index contributed by atoms with van der Waals surface area (Å²) < 4.78 is 19.6. The minimum absolute atomic E-state index is 0.0307. The van der Waals surface area contributed by atoms with Crippen LogP contribution in [0.5, 0.6) is 5.75 Å². The van der Waals surface area contributed by atoms with Gasteiger partial charge in [0.1, 0.15) is 17.3 Å². The smallest absolute Gasteiger partial charge is 0.277 e. The van der Waals surface area contributed by atoms with Gasteiger partial charge in [0.25, 0.3) is 11.8 Å². The van der Waals surface area contributed by atoms with E-state index >= 15 is 0 Å². The first kappa shape index (κ1) is 19.3. The summed E-state index contributed by atoms with van der Waals surface area (Å²) in [5.74, 6) is -0.694. The van der Waals surface area contributed by atoms with Crippen molar-refractivity contribution in [2.45, 2.75) is 12.8 Å². The summed E-state index contributed by atoms with van der Waals surface area (Å²) in [7, 11) is 2.09. The van der Waals surface area contributed by atoms with Crippen molar-refractivity contribution in [3.63, 3.8) is 0 Å². The normalized spacial score (nSPS) is 18.8. The van der Waals surface area contributed by atoms with Crippen LogP contribution >= 0.6 is 0 Å². The van der Waals surface area contributed by atoms with Crippen molar-refractivity contribution >= 4 is 17.5 Å². The van der Waals surface area contributed by atoms with E-state index in [-0.39, 0.29) is 18.8 Å². The Morgan fingerprint density at radius 2 is 2.04 bits per heavy atom. The van der Waals surface area contributed by atoms with Crippen molar-refractivity contribution in [2.24, 2.45) is 5.92 Å². The second-order valence-corrected chi connectivity index (χ2v) is 6.90. The van der Waals surface area contributed by atoms with Gasteiger partial charge in [-0.15, -0.1) is 0 Å². The minimum atomic E-state index is -0.556. The van der Waals surface area contributed by atoms with Crippen LogP contribution in [0.15, 0.2) is 30.0 Å². The van der Waals surface area contributed by atoms with Crippen LogP contribution in [0.2, 0.25) is 0 Å². The van der Waals surface area contributed by atoms with Crippen LogP contribution in [0, 0.1) is 11.7 Å². The Morgan fingerprint density at radius 1 is 1.30 bits per heavy atom. The number of β-amino-alcohol motifs (C(OH)–C–C–N with tert-alkyl or cyclic N) is 1. The van der Waals surface area contributed by atoms with Gasteiger partial charge in [-0.25, -0.2) is 4.39 Å². The Bertz CT molecular complexity index is 744. The quantitative estimate of drug-likeness (QED) is 0.695. The third-order valence-corrected chi connectivity index (χ3v) is 4.86. The average molecular weight is 377 g/mol. The lowest BCUT2D eigenvalue weighted by atomic mass is 9.98. The van der Waals surface area contributed by atoms with Crippen LogP contribution in [0.1, 0.15) is 12.8 Å². The van der Waals surface area contributed by atoms with Gasteiger partial charge in [0.2, 0.25) is 0 Å². The number of aliphatic hydroxyl groups is 1. The summed E-state index contributed by atoms with van der Waals surface area (Å²) in [5.41, 5.74) is 0.323. The van der Waals surface area contributed by atoms with Crippen molar-refractivity contribution in [3.8, 4) is 5.75 Å². The van der Waals surface area contributed by atoms with Crippen LogP contribution in [0.25, 0.3) is 0 Å². The molecule has 1 fully saturated rings. The summed E-state index contributed by atoms with van der Waals surface area (Å²) >= 11 is 0. The molecule has 0 saturated carbocycles. The molecule has 0 aliphatic carbocycles. The number of halogens is 1. The van der Waals surface area contributed by atoms with Crippen molar-refractivity contribution in [2.75, 3.05) is 45.2 Å². The lowest BCUT2D eigenvalue weighted by Crippen LogP contribution is -2.34. The molecule has 1 aromatic carbocycles. The molecule has 0 spiro atoms. The van der Waals surface area contributed by atoms with E-state index < -0.39 is 17.6 Å². The molecule has 2 aliphatic rings. The standard InChI is InChI=1S/C19H24FN3O4/c1-22-6-4-13(5-7-22)12-27-17-3-2-14(20)10-15(17)21-16-11-18(25)23(8-9-24)19(16)26/h2-3,10-11,13,21,24H,4-9,12H2,1H3. The van der Waals surface area contributed by atoms with Crippen molar-refractivity contribution in [3.05, 3.63) is 35.8 Å². The number of anilines is 1. The molecule has 2 N–H and O–H groups in total. The SMILES string of the molecule is CN1CCC(COc2ccc(F)cc2NC2=CC(=O)N(CCO)C2=O)CC1. The number of imide groups is 1. The number of hydrogen-bond acceptors (Lipinski definition) is 6. The zero-order valence-electron chi connectivity index (χ0n) is 15.3. The molecule has 2 amide bonds. The highest BCUT2D eigenvalue weighted by atomic mass is 19.1. The Kier molecular flexibility index (Phi) is 6.08. The van der Waals surface area contributed by atoms with Crippen LogP contribution in [0.3, 0.4) is 0 Å². The van der Waals surface area contributed by atoms with E-state index in [1.165, 1.54) is 18.2 Å². The zero-order chi connectivity index (χ0) is 19.4. The Morgan fingerprint density at radius 3 is 2.74 bits per heavy atom. The number of carbonyl (C=O) groups excluding carboxylic acids is 2. The highest BCUT2D eigenvalue weighted by molar-refractivity contribution is 6.17. The van der Waals surface area contributed by atoms with Crippen LogP contribution in [-0.4, -0.2) is 66.6 Å². The van der Waals surface area contributed by atoms with E-state index in [2.05, 4.69) is 17.3 Å². The molecular formula is C19H24FN3O4. The summed E-state index contributed by atoms with van der Waals surface area (Å²) in [6.07, 6.45) is 3.22. The Hall–Kier alpha value is -2.45. The summed E-state index contributed by atoms with van der Waals surface area (Å²) in [6.45, 7) is 2.15. The Labute approximate surface area is 157 Å². The number of piperidine rings is 1. The zero-order valence-corrected chi connectivity index (χ0v) is 15.3. The molecule has 0 atom stereocenters. The number of likely N-dealkylation sites (tertiary alicyclic amines) is 1. The number of ether oxygens (including phenoxy) is 1. The lowest BCUT2D eigenvalue weighted by molar-refractivity contribution is -0.137. The van der Waals surface area contributed by atoms with Gasteiger partial charge in [-0.2, -0.15) is 0 Å². The maximum atomic E-state index is 13.7. The first-order chi connectivity index (χ1) is 13.0. The topological polar surface area (TPSA) is 82.1 Å². The van der Waals surface area contributed by atoms with Gasteiger partial charge in [0.15, 0.2) is 0 Å². The maximum Gasteiger partial charge on any atom is 0.277 e. The van der Waals surface area contributed by atoms with E-state index in [9.17, 15) is 14.0 Å². The number of hydrogen-bond donors (Lipinski definition) is 2. The average Bonchev–Trinajstić information content (AvgIpc) is 2.90. The van der Waals surface area contributed by atoms with E-state index in [4.69, 9.17) is 9.84 Å². The highest BCUT2D eigenvalue weighted by Crippen LogP contribution is 2.29. The van der Waals surface area contributed by atoms with Crippen LogP contribution < -0.4 is 10.1 Å². The number of amides is 2. The molecule has 146 valence electrons. The van der Waals surface area contributed by atoms with Gasteiger partial charge in [-0.3, -0.25) is 14.5 Å². The van der Waals surface area contributed by atoms with Crippen LogP contribution in [0.4, 0.5) is 10.1 Å². The van der Waals surface area contributed by atoms with Crippen molar-refractivity contribution in [1.29, 1.82) is 0 Å². The number of rotatable bonds is 7. The van der Waals surface area contributed by atoms with E-state index in [0.717, 1.165) is 36.9 Å². The molecule has 8 heteroatoms. The first-order valence-corrected chi connectivity index (χ1v) is 9.04. The molecule has 0 unspecified atom stereocenters. The van der Waals surface area contributed by atoms with Gasteiger partial charge in [0.05, 0.1) is 25.4 Å². The predicted molar refractivity (Wildman–Crippen MR) is 97.6 cm³/mol. The Balaban J connectivity index is 1.68. The second kappa shape index (κ2) is 8.49. The summed E-state index contributed by atoms with van der Waals surface area (Å²) in [4.78, 5) is 27.3. The van der Waals surface area contributed by atoms with E-state index in [0.29, 0.717) is 24.0 Å². The summed E-state index contributed by atoms with van der Waals surface area (Å²) in [6, 6.07) is 4.04. The fourth-order valence-corrected chi connectivity index (χ4v) is 3.22. The maximum absolute atomic E-state index is 13.7. The number of benzene rings is 1. The monoisotopic (exact) mass is 377 g/mol. The number of aliphatic hydroxyl groups excluding tert-OH is 1. The highest BCUT2D eigenvalue weighted by Gasteiger charge is 2.31. The third kappa shape index (κ3) is 4.64. The first-order valence-electron chi connectivity index (χ1n) is 9.04. The van der Waals surface area contributed by atoms with Gasteiger partial charge in [-0.1, -0.05) is 0 Å². The predicted octanol–water partition coefficient (Wildman–Crippen LogP) is 1.20. The molecule has 2 aliphatic heterocycles. The number of carbonyl (C=O) groups is 2. The van der Waals surface area contributed by atoms with Gasteiger partial charge >= 0.3 is 0 Å². The van der Waals surface area contributed by atoms with Crippen molar-refractivity contribution < 1.29 is 23.8 Å². The van der Waals surface area contributed by atoms with Gasteiger partial charge in [0, 0.05) is 12.1 Å². The van der Waals surface area contributed by atoms with E-state index in [1.54, 1.807) is 0 Å². The van der Waals surface area contributed by atoms with E-state index in [1.807, 2.05) is 0 Å². The van der Waals surface area contributed by atoms with Crippen molar-refractivity contribution in [1.82, 2.24) is 9.80 Å². The number of nitrogens with zero attached hydrogens (tertiary/aromatic N) is 2. The molecule has 7 nitrogen and oxygen atoms in total.